The van der Waals surface area contributed by atoms with Gasteiger partial charge in [0.15, 0.2) is 0 Å². The van der Waals surface area contributed by atoms with Gasteiger partial charge in [-0.1, -0.05) is 0 Å². The zero-order valence-corrected chi connectivity index (χ0v) is 7.50. The molecule has 1 heterocycles. The third-order valence-electron chi connectivity index (χ3n) is 1.89. The smallest absolute Gasteiger partial charge is 0.0777 e. The van der Waals surface area contributed by atoms with Crippen LogP contribution < -0.4 is 0 Å². The van der Waals surface area contributed by atoms with Crippen molar-refractivity contribution in [3.63, 3.8) is 0 Å². The molecule has 72 valence electrons. The zero-order valence-electron chi connectivity index (χ0n) is 7.50. The Morgan fingerprint density at radius 1 is 1.31 bits per heavy atom. The third kappa shape index (κ3) is 3.80. The van der Waals surface area contributed by atoms with Gasteiger partial charge in [-0.05, 0) is 31.1 Å². The van der Waals surface area contributed by atoms with Crippen molar-refractivity contribution in [1.29, 1.82) is 0 Å². The van der Waals surface area contributed by atoms with Gasteiger partial charge >= 0.3 is 0 Å². The fraction of sp³-hybridized carbons (Fsp3) is 0.400. The highest BCUT2D eigenvalue weighted by Gasteiger charge is 1.98. The fourth-order valence-electron chi connectivity index (χ4n) is 1.20. The van der Waals surface area contributed by atoms with E-state index >= 15 is 0 Å². The largest absolute Gasteiger partial charge is 0.516 e. The molecular weight excluding hydrogens is 166 g/mol. The number of hydrogen-bond acceptors (Lipinski definition) is 2. The van der Waals surface area contributed by atoms with Crippen LogP contribution in [0.15, 0.2) is 36.9 Å². The summed E-state index contributed by atoms with van der Waals surface area (Å²) in [6.45, 7) is 0.906. The maximum atomic E-state index is 9.22. The van der Waals surface area contributed by atoms with E-state index in [1.54, 1.807) is 0 Å². The maximum absolute atomic E-state index is 9.22. The van der Waals surface area contributed by atoms with E-state index in [9.17, 15) is 5.11 Å². The highest BCUT2D eigenvalue weighted by Crippen LogP contribution is 2.01. The highest BCUT2D eigenvalue weighted by molar-refractivity contribution is 4.90. The molecule has 0 saturated heterocycles. The molecule has 0 fully saturated rings. The van der Waals surface area contributed by atoms with Gasteiger partial charge in [-0.15, -0.1) is 0 Å². The first-order valence-corrected chi connectivity index (χ1v) is 4.42. The number of hydrogen-bond donors (Lipinski definition) is 2. The Labute approximate surface area is 77.9 Å². The first-order valence-electron chi connectivity index (χ1n) is 4.42. The summed E-state index contributed by atoms with van der Waals surface area (Å²) in [5.74, 6) is 0. The normalized spacial score (nSPS) is 13.6. The van der Waals surface area contributed by atoms with Crippen LogP contribution in [0, 0.1) is 0 Å². The molecule has 1 aromatic heterocycles. The Morgan fingerprint density at radius 3 is 2.62 bits per heavy atom. The summed E-state index contributed by atoms with van der Waals surface area (Å²) in [6, 6.07) is 3.95. The van der Waals surface area contributed by atoms with Gasteiger partial charge in [0.2, 0.25) is 0 Å². The SMILES string of the molecule is O/C=C/C(O)CCCn1cccc1. The van der Waals surface area contributed by atoms with Crippen LogP contribution in [-0.2, 0) is 6.54 Å². The van der Waals surface area contributed by atoms with E-state index in [2.05, 4.69) is 4.57 Å². The van der Waals surface area contributed by atoms with Crippen LogP contribution in [0.3, 0.4) is 0 Å². The molecule has 0 aliphatic carbocycles. The van der Waals surface area contributed by atoms with Gasteiger partial charge in [0, 0.05) is 18.9 Å². The van der Waals surface area contributed by atoms with Gasteiger partial charge in [-0.2, -0.15) is 0 Å². The molecule has 1 unspecified atom stereocenters. The second-order valence-electron chi connectivity index (χ2n) is 2.97. The Hall–Kier alpha value is -1.22. The predicted molar refractivity (Wildman–Crippen MR) is 51.4 cm³/mol. The van der Waals surface area contributed by atoms with Gasteiger partial charge in [0.05, 0.1) is 12.4 Å². The van der Waals surface area contributed by atoms with E-state index in [0.717, 1.165) is 19.2 Å². The Bertz CT molecular complexity index is 241. The molecule has 1 aromatic rings. The molecule has 1 atom stereocenters. The Kier molecular flexibility index (Phi) is 4.12. The molecule has 0 spiro atoms. The van der Waals surface area contributed by atoms with E-state index in [-0.39, 0.29) is 0 Å². The minimum absolute atomic E-state index is 0.527. The minimum atomic E-state index is -0.527. The number of aliphatic hydroxyl groups is 2. The maximum Gasteiger partial charge on any atom is 0.0777 e. The molecule has 0 bridgehead atoms. The fourth-order valence-corrected chi connectivity index (χ4v) is 1.20. The predicted octanol–water partition coefficient (Wildman–Crippen LogP) is 1.70. The van der Waals surface area contributed by atoms with Crippen molar-refractivity contribution in [3.8, 4) is 0 Å². The van der Waals surface area contributed by atoms with Crippen LogP contribution in [0.25, 0.3) is 0 Å². The lowest BCUT2D eigenvalue weighted by Crippen LogP contribution is -2.04. The molecule has 0 saturated carbocycles. The van der Waals surface area contributed by atoms with Crippen molar-refractivity contribution in [3.05, 3.63) is 36.9 Å². The van der Waals surface area contributed by atoms with E-state index in [0.29, 0.717) is 6.42 Å². The van der Waals surface area contributed by atoms with Gasteiger partial charge in [0.25, 0.3) is 0 Å². The average molecular weight is 181 g/mol. The highest BCUT2D eigenvalue weighted by atomic mass is 16.3. The second kappa shape index (κ2) is 5.43. The third-order valence-corrected chi connectivity index (χ3v) is 1.89. The van der Waals surface area contributed by atoms with E-state index in [1.165, 1.54) is 6.08 Å². The molecule has 0 aromatic carbocycles. The summed E-state index contributed by atoms with van der Waals surface area (Å²) in [7, 11) is 0. The second-order valence-corrected chi connectivity index (χ2v) is 2.97. The van der Waals surface area contributed by atoms with Crippen LogP contribution in [0.4, 0.5) is 0 Å². The molecule has 13 heavy (non-hydrogen) atoms. The summed E-state index contributed by atoms with van der Waals surface area (Å²) in [5.41, 5.74) is 0. The number of nitrogens with zero attached hydrogens (tertiary/aromatic N) is 1. The van der Waals surface area contributed by atoms with Crippen molar-refractivity contribution < 1.29 is 10.2 Å². The first kappa shape index (κ1) is 9.86. The molecule has 0 amide bonds. The van der Waals surface area contributed by atoms with Gasteiger partial charge in [0.1, 0.15) is 0 Å². The quantitative estimate of drug-likeness (QED) is 0.679. The van der Waals surface area contributed by atoms with Crippen molar-refractivity contribution in [1.82, 2.24) is 4.57 Å². The topological polar surface area (TPSA) is 45.4 Å². The summed E-state index contributed by atoms with van der Waals surface area (Å²) in [5, 5.41) is 17.6. The van der Waals surface area contributed by atoms with E-state index in [4.69, 9.17) is 5.11 Å². The molecule has 0 aliphatic rings. The summed E-state index contributed by atoms with van der Waals surface area (Å²) in [6.07, 6.45) is 7.31. The Morgan fingerprint density at radius 2 is 2.00 bits per heavy atom. The molecule has 0 radical (unpaired) electrons. The van der Waals surface area contributed by atoms with E-state index < -0.39 is 6.10 Å². The van der Waals surface area contributed by atoms with Crippen LogP contribution >= 0.6 is 0 Å². The molecule has 3 heteroatoms. The van der Waals surface area contributed by atoms with Crippen LogP contribution in [0.1, 0.15) is 12.8 Å². The summed E-state index contributed by atoms with van der Waals surface area (Å²) >= 11 is 0. The van der Waals surface area contributed by atoms with Gasteiger partial charge in [-0.3, -0.25) is 0 Å². The van der Waals surface area contributed by atoms with Crippen LogP contribution in [0.2, 0.25) is 0 Å². The van der Waals surface area contributed by atoms with E-state index in [1.807, 2.05) is 24.5 Å². The average Bonchev–Trinajstić information content (AvgIpc) is 2.57. The van der Waals surface area contributed by atoms with Crippen LogP contribution in [0.5, 0.6) is 0 Å². The molecule has 0 aliphatic heterocycles. The standard InChI is InChI=1S/C10H15NO2/c12-9-5-10(13)4-3-8-11-6-1-2-7-11/h1-2,5-7,9-10,12-13H,3-4,8H2/b9-5+. The van der Waals surface area contributed by atoms with Crippen molar-refractivity contribution in [2.24, 2.45) is 0 Å². The number of aromatic nitrogens is 1. The number of aryl methyl sites for hydroxylation is 1. The van der Waals surface area contributed by atoms with Crippen molar-refractivity contribution in [2.45, 2.75) is 25.5 Å². The molecule has 2 N–H and O–H groups in total. The zero-order chi connectivity index (χ0) is 9.52. The molecule has 1 rings (SSSR count). The molecular formula is C10H15NO2. The van der Waals surface area contributed by atoms with Crippen molar-refractivity contribution >= 4 is 0 Å². The monoisotopic (exact) mass is 181 g/mol. The Balaban J connectivity index is 2.14. The van der Waals surface area contributed by atoms with Crippen LogP contribution in [-0.4, -0.2) is 20.9 Å². The lowest BCUT2D eigenvalue weighted by molar-refractivity contribution is 0.204. The number of rotatable bonds is 5. The summed E-state index contributed by atoms with van der Waals surface area (Å²) < 4.78 is 2.06. The lowest BCUT2D eigenvalue weighted by atomic mass is 10.2. The summed E-state index contributed by atoms with van der Waals surface area (Å²) in [4.78, 5) is 0. The first-order chi connectivity index (χ1) is 6.33. The lowest BCUT2D eigenvalue weighted by Gasteiger charge is -2.05. The minimum Gasteiger partial charge on any atom is -0.516 e. The van der Waals surface area contributed by atoms with Crippen molar-refractivity contribution in [2.75, 3.05) is 0 Å². The number of aliphatic hydroxyl groups excluding tert-OH is 2. The van der Waals surface area contributed by atoms with Gasteiger partial charge < -0.3 is 14.8 Å². The molecule has 3 nitrogen and oxygen atoms in total. The van der Waals surface area contributed by atoms with Gasteiger partial charge in [-0.25, -0.2) is 0 Å².